The van der Waals surface area contributed by atoms with Crippen molar-refractivity contribution in [3.05, 3.63) is 29.8 Å². The number of benzene rings is 1. The Morgan fingerprint density at radius 1 is 0.941 bits per heavy atom. The normalized spacial score (nSPS) is 16.7. The van der Waals surface area contributed by atoms with E-state index in [-0.39, 0.29) is 24.8 Å². The highest BCUT2D eigenvalue weighted by Crippen LogP contribution is 2.52. The maximum absolute atomic E-state index is 13.1. The standard InChI is InChI=1S/C23H28F3N3O5/c24-23(25,26)22(27-28-22)17-10-9-11-18(16-17)33-15-8-6-4-2-1-3-5-7-12-21(32)34-29-19(30)13-14-20(29)31/h9-11,16H,1-8,12-15H2. The number of rotatable bonds is 14. The summed E-state index contributed by atoms with van der Waals surface area (Å²) in [5.74, 6) is -1.14. The lowest BCUT2D eigenvalue weighted by atomic mass is 10.0. The van der Waals surface area contributed by atoms with Gasteiger partial charge in [-0.05, 0) is 25.0 Å². The van der Waals surface area contributed by atoms with Crippen LogP contribution in [0.1, 0.15) is 76.2 Å². The first kappa shape index (κ1) is 25.6. The minimum atomic E-state index is -4.55. The molecular weight excluding hydrogens is 455 g/mol. The molecule has 0 aliphatic carbocycles. The Morgan fingerprint density at radius 3 is 2.12 bits per heavy atom. The van der Waals surface area contributed by atoms with Gasteiger partial charge in [0.1, 0.15) is 5.75 Å². The number of hydrogen-bond acceptors (Lipinski definition) is 7. The van der Waals surface area contributed by atoms with Gasteiger partial charge in [0, 0.05) is 24.8 Å². The third kappa shape index (κ3) is 6.77. The molecule has 0 unspecified atom stereocenters. The van der Waals surface area contributed by atoms with Gasteiger partial charge in [0.2, 0.25) is 0 Å². The summed E-state index contributed by atoms with van der Waals surface area (Å²) in [6, 6.07) is 5.81. The molecule has 2 aliphatic rings. The Labute approximate surface area is 195 Å². The summed E-state index contributed by atoms with van der Waals surface area (Å²) >= 11 is 0. The van der Waals surface area contributed by atoms with Gasteiger partial charge in [-0.15, -0.1) is 15.3 Å². The largest absolute Gasteiger partial charge is 0.494 e. The van der Waals surface area contributed by atoms with Crippen molar-refractivity contribution in [3.8, 4) is 5.75 Å². The van der Waals surface area contributed by atoms with Crippen molar-refractivity contribution in [2.24, 2.45) is 10.2 Å². The van der Waals surface area contributed by atoms with Gasteiger partial charge < -0.3 is 9.57 Å². The average molecular weight is 483 g/mol. The quantitative estimate of drug-likeness (QED) is 0.262. The van der Waals surface area contributed by atoms with Crippen LogP contribution in [0.2, 0.25) is 0 Å². The maximum atomic E-state index is 13.1. The number of alkyl halides is 3. The predicted octanol–water partition coefficient (Wildman–Crippen LogP) is 5.36. The van der Waals surface area contributed by atoms with Gasteiger partial charge >= 0.3 is 17.8 Å². The van der Waals surface area contributed by atoms with Crippen molar-refractivity contribution in [2.75, 3.05) is 6.61 Å². The number of amides is 2. The summed E-state index contributed by atoms with van der Waals surface area (Å²) in [6.07, 6.45) is 3.06. The maximum Gasteiger partial charge on any atom is 0.442 e. The van der Waals surface area contributed by atoms with Crippen LogP contribution in [0, 0.1) is 0 Å². The molecule has 2 heterocycles. The average Bonchev–Trinajstić information content (AvgIpc) is 3.56. The van der Waals surface area contributed by atoms with Gasteiger partial charge in [0.25, 0.3) is 11.8 Å². The topological polar surface area (TPSA) is 97.6 Å². The van der Waals surface area contributed by atoms with Crippen LogP contribution in [0.4, 0.5) is 13.2 Å². The Kier molecular flexibility index (Phi) is 8.62. The molecule has 34 heavy (non-hydrogen) atoms. The van der Waals surface area contributed by atoms with E-state index in [1.807, 2.05) is 0 Å². The van der Waals surface area contributed by atoms with Gasteiger partial charge in [-0.2, -0.15) is 13.2 Å². The number of unbranched alkanes of at least 4 members (excludes halogenated alkanes) is 7. The van der Waals surface area contributed by atoms with E-state index >= 15 is 0 Å². The Balaban J connectivity index is 1.18. The smallest absolute Gasteiger partial charge is 0.442 e. The SMILES string of the molecule is O=C(CCCCCCCCCCOc1cccc(C2(C(F)(F)F)N=N2)c1)ON1C(=O)CCC1=O. The summed E-state index contributed by atoms with van der Waals surface area (Å²) in [6.45, 7) is 0.418. The van der Waals surface area contributed by atoms with Crippen molar-refractivity contribution in [1.29, 1.82) is 0 Å². The van der Waals surface area contributed by atoms with Crippen molar-refractivity contribution in [3.63, 3.8) is 0 Å². The van der Waals surface area contributed by atoms with Crippen molar-refractivity contribution >= 4 is 17.8 Å². The van der Waals surface area contributed by atoms with Crippen molar-refractivity contribution in [1.82, 2.24) is 5.06 Å². The van der Waals surface area contributed by atoms with Gasteiger partial charge in [-0.3, -0.25) is 9.59 Å². The van der Waals surface area contributed by atoms with Crippen molar-refractivity contribution < 1.29 is 37.1 Å². The fourth-order valence-electron chi connectivity index (χ4n) is 3.67. The molecule has 0 spiro atoms. The van der Waals surface area contributed by atoms with Gasteiger partial charge in [0.15, 0.2) is 0 Å². The van der Waals surface area contributed by atoms with E-state index in [4.69, 9.17) is 9.57 Å². The van der Waals surface area contributed by atoms with Crippen LogP contribution in [0.25, 0.3) is 0 Å². The molecule has 1 aromatic rings. The molecule has 1 saturated heterocycles. The number of hydrogen-bond donors (Lipinski definition) is 0. The first-order valence-corrected chi connectivity index (χ1v) is 11.5. The van der Waals surface area contributed by atoms with Gasteiger partial charge in [-0.25, -0.2) is 4.79 Å². The van der Waals surface area contributed by atoms with Crippen LogP contribution >= 0.6 is 0 Å². The Hall–Kier alpha value is -2.98. The lowest BCUT2D eigenvalue weighted by Gasteiger charge is -2.15. The molecule has 3 rings (SSSR count). The van der Waals surface area contributed by atoms with Crippen LogP contribution < -0.4 is 4.74 Å². The Bertz CT molecular complexity index is 897. The van der Waals surface area contributed by atoms with Gasteiger partial charge in [0.05, 0.1) is 6.61 Å². The number of carbonyl (C=O) groups is 3. The minimum Gasteiger partial charge on any atom is -0.494 e. The number of imide groups is 1. The van der Waals surface area contributed by atoms with E-state index in [1.54, 1.807) is 6.07 Å². The fraction of sp³-hybridized carbons (Fsp3) is 0.609. The summed E-state index contributed by atoms with van der Waals surface area (Å²) in [5, 5.41) is 6.98. The predicted molar refractivity (Wildman–Crippen MR) is 113 cm³/mol. The Morgan fingerprint density at radius 2 is 1.53 bits per heavy atom. The number of ether oxygens (including phenoxy) is 1. The molecular formula is C23H28F3N3O5. The number of nitrogens with zero attached hydrogens (tertiary/aromatic N) is 3. The number of hydroxylamine groups is 2. The summed E-state index contributed by atoms with van der Waals surface area (Å²) in [5.41, 5.74) is -2.47. The van der Waals surface area contributed by atoms with E-state index in [1.165, 1.54) is 18.2 Å². The minimum absolute atomic E-state index is 0.0382. The van der Waals surface area contributed by atoms with Crippen LogP contribution in [0.15, 0.2) is 34.5 Å². The third-order valence-corrected chi connectivity index (χ3v) is 5.67. The lowest BCUT2D eigenvalue weighted by molar-refractivity contribution is -0.197. The fourth-order valence-corrected chi connectivity index (χ4v) is 3.67. The lowest BCUT2D eigenvalue weighted by Crippen LogP contribution is -2.31. The highest BCUT2D eigenvalue weighted by atomic mass is 19.4. The van der Waals surface area contributed by atoms with E-state index in [0.717, 1.165) is 44.9 Å². The molecule has 186 valence electrons. The molecule has 11 heteroatoms. The first-order valence-electron chi connectivity index (χ1n) is 11.5. The molecule has 0 saturated carbocycles. The molecule has 2 aliphatic heterocycles. The zero-order valence-corrected chi connectivity index (χ0v) is 18.8. The molecule has 1 aromatic carbocycles. The number of halogens is 3. The first-order chi connectivity index (χ1) is 16.2. The molecule has 0 atom stereocenters. The zero-order valence-electron chi connectivity index (χ0n) is 18.8. The zero-order chi connectivity index (χ0) is 24.6. The summed E-state index contributed by atoms with van der Waals surface area (Å²) in [4.78, 5) is 39.3. The highest BCUT2D eigenvalue weighted by Gasteiger charge is 2.65. The second-order valence-electron chi connectivity index (χ2n) is 8.37. The summed E-state index contributed by atoms with van der Waals surface area (Å²) < 4.78 is 44.9. The van der Waals surface area contributed by atoms with E-state index in [0.29, 0.717) is 23.8 Å². The van der Waals surface area contributed by atoms with Gasteiger partial charge in [-0.1, -0.05) is 50.7 Å². The molecule has 0 bridgehead atoms. The molecule has 8 nitrogen and oxygen atoms in total. The van der Waals surface area contributed by atoms with Crippen LogP contribution in [0.3, 0.4) is 0 Å². The third-order valence-electron chi connectivity index (χ3n) is 5.67. The van der Waals surface area contributed by atoms with Crippen molar-refractivity contribution in [2.45, 2.75) is 82.5 Å². The van der Waals surface area contributed by atoms with E-state index in [9.17, 15) is 27.6 Å². The second kappa shape index (κ2) is 11.4. The molecule has 2 amide bonds. The molecule has 0 radical (unpaired) electrons. The second-order valence-corrected chi connectivity index (χ2v) is 8.37. The monoisotopic (exact) mass is 483 g/mol. The van der Waals surface area contributed by atoms with Crippen LogP contribution in [-0.4, -0.2) is 35.6 Å². The van der Waals surface area contributed by atoms with E-state index in [2.05, 4.69) is 10.2 Å². The summed E-state index contributed by atoms with van der Waals surface area (Å²) in [7, 11) is 0. The highest BCUT2D eigenvalue weighted by molar-refractivity contribution is 6.01. The number of carbonyl (C=O) groups excluding carboxylic acids is 3. The van der Waals surface area contributed by atoms with E-state index < -0.39 is 29.6 Å². The molecule has 0 aromatic heterocycles. The van der Waals surface area contributed by atoms with Crippen LogP contribution in [-0.2, 0) is 24.9 Å². The van der Waals surface area contributed by atoms with Crippen LogP contribution in [0.5, 0.6) is 5.75 Å². The molecule has 1 fully saturated rings. The molecule has 0 N–H and O–H groups in total.